The van der Waals surface area contributed by atoms with E-state index in [1.165, 1.54) is 0 Å². The van der Waals surface area contributed by atoms with E-state index in [2.05, 4.69) is 17.0 Å². The molecule has 8 heteroatoms. The maximum Gasteiger partial charge on any atom is 0.272 e. The maximum absolute atomic E-state index is 13.3. The van der Waals surface area contributed by atoms with E-state index in [4.69, 9.17) is 0 Å². The number of aromatic nitrogens is 4. The Morgan fingerprint density at radius 1 is 1.17 bits per heavy atom. The van der Waals surface area contributed by atoms with Crippen molar-refractivity contribution in [2.75, 3.05) is 19.6 Å². The summed E-state index contributed by atoms with van der Waals surface area (Å²) in [6, 6.07) is 5.60. The Morgan fingerprint density at radius 3 is 2.66 bits per heavy atom. The van der Waals surface area contributed by atoms with Crippen molar-refractivity contribution in [3.63, 3.8) is 0 Å². The van der Waals surface area contributed by atoms with Gasteiger partial charge in [-0.2, -0.15) is 5.10 Å². The molecule has 1 aromatic carbocycles. The highest BCUT2D eigenvalue weighted by molar-refractivity contribution is 6.05. The molecule has 8 nitrogen and oxygen atoms in total. The summed E-state index contributed by atoms with van der Waals surface area (Å²) in [6.45, 7) is 5.49. The fourth-order valence-corrected chi connectivity index (χ4v) is 4.20. The maximum atomic E-state index is 13.3. The van der Waals surface area contributed by atoms with Gasteiger partial charge in [0.1, 0.15) is 5.69 Å². The number of para-hydroxylation sites is 1. The molecule has 0 radical (unpaired) electrons. The number of aryl methyl sites for hydroxylation is 3. The fraction of sp³-hybridized carbons (Fsp3) is 0.429. The molecule has 3 heterocycles. The second kappa shape index (κ2) is 7.35. The van der Waals surface area contributed by atoms with Gasteiger partial charge in [0.2, 0.25) is 0 Å². The molecule has 1 atom stereocenters. The SMILES string of the molecule is CCC1CN(C(=O)c2cccc3ncn(C)c23)CCN1C(=O)c1c(C)cnn1C. The van der Waals surface area contributed by atoms with Crippen LogP contribution in [0.4, 0.5) is 0 Å². The fourth-order valence-electron chi connectivity index (χ4n) is 4.20. The lowest BCUT2D eigenvalue weighted by Crippen LogP contribution is -2.56. The predicted octanol–water partition coefficient (Wildman–Crippen LogP) is 1.99. The molecule has 1 saturated heterocycles. The number of nitrogens with zero attached hydrogens (tertiary/aromatic N) is 6. The van der Waals surface area contributed by atoms with E-state index >= 15 is 0 Å². The van der Waals surface area contributed by atoms with Gasteiger partial charge >= 0.3 is 0 Å². The third-order valence-electron chi connectivity index (χ3n) is 5.79. The molecular formula is C21H26N6O2. The summed E-state index contributed by atoms with van der Waals surface area (Å²) >= 11 is 0. The molecule has 0 N–H and O–H groups in total. The summed E-state index contributed by atoms with van der Waals surface area (Å²) in [6.07, 6.45) is 4.22. The summed E-state index contributed by atoms with van der Waals surface area (Å²) in [5.41, 5.74) is 3.79. The van der Waals surface area contributed by atoms with Gasteiger partial charge in [-0.1, -0.05) is 13.0 Å². The van der Waals surface area contributed by atoms with Crippen molar-refractivity contribution in [1.29, 1.82) is 0 Å². The number of imidazole rings is 1. The highest BCUT2D eigenvalue weighted by Gasteiger charge is 2.34. The first kappa shape index (κ1) is 19.2. The van der Waals surface area contributed by atoms with Gasteiger partial charge in [0, 0.05) is 39.8 Å². The topological polar surface area (TPSA) is 76.3 Å². The molecule has 2 aromatic heterocycles. The van der Waals surface area contributed by atoms with Crippen molar-refractivity contribution in [3.05, 3.63) is 47.5 Å². The van der Waals surface area contributed by atoms with Crippen LogP contribution in [0.2, 0.25) is 0 Å². The van der Waals surface area contributed by atoms with Gasteiger partial charge < -0.3 is 14.4 Å². The molecule has 1 aliphatic rings. The molecule has 1 fully saturated rings. The quantitative estimate of drug-likeness (QED) is 0.681. The molecule has 0 saturated carbocycles. The summed E-state index contributed by atoms with van der Waals surface area (Å²) in [7, 11) is 3.68. The Bertz CT molecular complexity index is 1060. The molecule has 2 amide bonds. The van der Waals surface area contributed by atoms with Crippen LogP contribution in [-0.2, 0) is 14.1 Å². The number of carbonyl (C=O) groups is 2. The zero-order chi connectivity index (χ0) is 20.7. The third-order valence-corrected chi connectivity index (χ3v) is 5.79. The van der Waals surface area contributed by atoms with Crippen molar-refractivity contribution in [2.45, 2.75) is 26.3 Å². The van der Waals surface area contributed by atoms with Crippen LogP contribution in [0.15, 0.2) is 30.7 Å². The first-order valence-corrected chi connectivity index (χ1v) is 9.91. The number of hydrogen-bond acceptors (Lipinski definition) is 4. The first-order valence-electron chi connectivity index (χ1n) is 9.91. The van der Waals surface area contributed by atoms with Crippen molar-refractivity contribution in [1.82, 2.24) is 29.1 Å². The second-order valence-corrected chi connectivity index (χ2v) is 7.64. The van der Waals surface area contributed by atoms with Crippen LogP contribution in [0.3, 0.4) is 0 Å². The standard InChI is InChI=1S/C21H26N6O2/c1-5-15-12-26(9-10-27(15)21(29)18-14(2)11-23-25(18)4)20(28)16-7-6-8-17-19(16)24(3)13-22-17/h6-8,11,13,15H,5,9-10,12H2,1-4H3. The summed E-state index contributed by atoms with van der Waals surface area (Å²) in [5.74, 6) is -0.0309. The van der Waals surface area contributed by atoms with E-state index in [1.54, 1.807) is 24.3 Å². The van der Waals surface area contributed by atoms with E-state index in [0.29, 0.717) is 30.9 Å². The molecule has 0 aliphatic carbocycles. The Labute approximate surface area is 169 Å². The summed E-state index contributed by atoms with van der Waals surface area (Å²) in [4.78, 5) is 34.6. The van der Waals surface area contributed by atoms with Crippen LogP contribution < -0.4 is 0 Å². The van der Waals surface area contributed by atoms with Crippen LogP contribution >= 0.6 is 0 Å². The number of rotatable bonds is 3. The van der Waals surface area contributed by atoms with E-state index in [-0.39, 0.29) is 17.9 Å². The second-order valence-electron chi connectivity index (χ2n) is 7.64. The van der Waals surface area contributed by atoms with Crippen LogP contribution in [-0.4, -0.2) is 66.6 Å². The lowest BCUT2D eigenvalue weighted by atomic mass is 10.1. The van der Waals surface area contributed by atoms with E-state index in [0.717, 1.165) is 23.0 Å². The Kier molecular flexibility index (Phi) is 4.86. The Hall–Kier alpha value is -3.16. The van der Waals surface area contributed by atoms with Gasteiger partial charge in [0.25, 0.3) is 11.8 Å². The zero-order valence-electron chi connectivity index (χ0n) is 17.3. The number of carbonyl (C=O) groups excluding carboxylic acids is 2. The largest absolute Gasteiger partial charge is 0.335 e. The predicted molar refractivity (Wildman–Crippen MR) is 110 cm³/mol. The molecule has 152 valence electrons. The minimum atomic E-state index is -0.0276. The summed E-state index contributed by atoms with van der Waals surface area (Å²) in [5, 5.41) is 4.19. The smallest absolute Gasteiger partial charge is 0.272 e. The van der Waals surface area contributed by atoms with Gasteiger partial charge in [0.05, 0.1) is 29.1 Å². The van der Waals surface area contributed by atoms with Crippen molar-refractivity contribution in [3.8, 4) is 0 Å². The van der Waals surface area contributed by atoms with Crippen LogP contribution in [0.5, 0.6) is 0 Å². The first-order chi connectivity index (χ1) is 13.9. The van der Waals surface area contributed by atoms with Gasteiger partial charge in [-0.25, -0.2) is 4.98 Å². The number of amides is 2. The Balaban J connectivity index is 1.58. The van der Waals surface area contributed by atoms with Gasteiger partial charge in [0.15, 0.2) is 0 Å². The van der Waals surface area contributed by atoms with Crippen molar-refractivity contribution in [2.24, 2.45) is 14.1 Å². The third kappa shape index (κ3) is 3.18. The minimum Gasteiger partial charge on any atom is -0.335 e. The molecule has 4 rings (SSSR count). The van der Waals surface area contributed by atoms with Gasteiger partial charge in [-0.3, -0.25) is 14.3 Å². The molecular weight excluding hydrogens is 368 g/mol. The average Bonchev–Trinajstić information content (AvgIpc) is 3.28. The number of hydrogen-bond donors (Lipinski definition) is 0. The zero-order valence-corrected chi connectivity index (χ0v) is 17.3. The number of piperazine rings is 1. The normalized spacial score (nSPS) is 17.2. The lowest BCUT2D eigenvalue weighted by Gasteiger charge is -2.41. The lowest BCUT2D eigenvalue weighted by molar-refractivity contribution is 0.0373. The van der Waals surface area contributed by atoms with Crippen LogP contribution in [0.25, 0.3) is 11.0 Å². The van der Waals surface area contributed by atoms with E-state index in [1.807, 2.05) is 46.5 Å². The van der Waals surface area contributed by atoms with Crippen LogP contribution in [0.1, 0.15) is 39.8 Å². The van der Waals surface area contributed by atoms with Crippen molar-refractivity contribution >= 4 is 22.8 Å². The van der Waals surface area contributed by atoms with Gasteiger partial charge in [-0.15, -0.1) is 0 Å². The highest BCUT2D eigenvalue weighted by Crippen LogP contribution is 2.23. The number of benzene rings is 1. The molecule has 3 aromatic rings. The molecule has 0 spiro atoms. The molecule has 29 heavy (non-hydrogen) atoms. The highest BCUT2D eigenvalue weighted by atomic mass is 16.2. The summed E-state index contributed by atoms with van der Waals surface area (Å²) < 4.78 is 3.51. The van der Waals surface area contributed by atoms with Crippen LogP contribution in [0, 0.1) is 6.92 Å². The number of fused-ring (bicyclic) bond motifs is 1. The average molecular weight is 394 g/mol. The molecule has 1 unspecified atom stereocenters. The monoisotopic (exact) mass is 394 g/mol. The Morgan fingerprint density at radius 2 is 1.97 bits per heavy atom. The van der Waals surface area contributed by atoms with E-state index in [9.17, 15) is 9.59 Å². The van der Waals surface area contributed by atoms with Gasteiger partial charge in [-0.05, 0) is 31.0 Å². The van der Waals surface area contributed by atoms with Crippen molar-refractivity contribution < 1.29 is 9.59 Å². The van der Waals surface area contributed by atoms with E-state index < -0.39 is 0 Å². The minimum absolute atomic E-state index is 0.0125. The molecule has 1 aliphatic heterocycles. The molecule has 0 bridgehead atoms.